The third-order valence-corrected chi connectivity index (χ3v) is 2.98. The number of hydrogen-bond acceptors (Lipinski definition) is 6. The summed E-state index contributed by atoms with van der Waals surface area (Å²) in [4.78, 5) is 4.23. The van der Waals surface area contributed by atoms with Crippen molar-refractivity contribution >= 4 is 0 Å². The minimum absolute atomic E-state index is 0.233. The van der Waals surface area contributed by atoms with Gasteiger partial charge in [0.1, 0.15) is 0 Å². The highest BCUT2D eigenvalue weighted by atomic mass is 16.5. The molecule has 0 saturated heterocycles. The number of benzene rings is 1. The van der Waals surface area contributed by atoms with Crippen molar-refractivity contribution in [3.63, 3.8) is 0 Å². The number of hydrogen-bond donors (Lipinski definition) is 1. The molecule has 2 aromatic rings. The summed E-state index contributed by atoms with van der Waals surface area (Å²) in [7, 11) is 0. The lowest BCUT2D eigenvalue weighted by Crippen LogP contribution is -1.97. The van der Waals surface area contributed by atoms with E-state index in [0.29, 0.717) is 24.9 Å². The lowest BCUT2D eigenvalue weighted by Gasteiger charge is -2.10. The highest BCUT2D eigenvalue weighted by molar-refractivity contribution is 5.65. The molecule has 6 heteroatoms. The Morgan fingerprint density at radius 2 is 1.95 bits per heavy atom. The molecule has 2 N–H and O–H groups in total. The smallest absolute Gasteiger partial charge is 0.240 e. The van der Waals surface area contributed by atoms with Crippen molar-refractivity contribution in [3.8, 4) is 22.9 Å². The first kappa shape index (κ1) is 12.0. The summed E-state index contributed by atoms with van der Waals surface area (Å²) in [5.74, 6) is 2.42. The molecule has 6 nitrogen and oxygen atoms in total. The SMILES string of the molecule is Cc1cc2c(cc1-c1noc(CN)n1)OCCCO2. The fourth-order valence-electron chi connectivity index (χ4n) is 2.00. The van der Waals surface area contributed by atoms with Crippen LogP contribution in [0.1, 0.15) is 17.9 Å². The number of aryl methyl sites for hydroxylation is 1. The van der Waals surface area contributed by atoms with Crippen LogP contribution in [-0.4, -0.2) is 23.4 Å². The first-order valence-corrected chi connectivity index (χ1v) is 6.21. The van der Waals surface area contributed by atoms with Gasteiger partial charge in [0, 0.05) is 12.0 Å². The van der Waals surface area contributed by atoms with Crippen LogP contribution >= 0.6 is 0 Å². The molecule has 0 aliphatic carbocycles. The first-order chi connectivity index (χ1) is 9.28. The topological polar surface area (TPSA) is 83.4 Å². The standard InChI is InChI=1S/C13H15N3O3/c1-8-5-10-11(18-4-2-3-17-10)6-9(8)13-15-12(7-14)19-16-13/h5-6H,2-4,7,14H2,1H3. The fourth-order valence-corrected chi connectivity index (χ4v) is 2.00. The van der Waals surface area contributed by atoms with E-state index >= 15 is 0 Å². The van der Waals surface area contributed by atoms with Gasteiger partial charge in [0.2, 0.25) is 11.7 Å². The van der Waals surface area contributed by atoms with Crippen molar-refractivity contribution in [2.75, 3.05) is 13.2 Å². The molecule has 0 amide bonds. The van der Waals surface area contributed by atoms with Gasteiger partial charge in [0.15, 0.2) is 11.5 Å². The van der Waals surface area contributed by atoms with E-state index in [2.05, 4.69) is 10.1 Å². The van der Waals surface area contributed by atoms with E-state index in [1.165, 1.54) is 0 Å². The van der Waals surface area contributed by atoms with Crippen molar-refractivity contribution in [3.05, 3.63) is 23.6 Å². The molecule has 0 fully saturated rings. The Kier molecular flexibility index (Phi) is 3.08. The summed E-state index contributed by atoms with van der Waals surface area (Å²) in [6, 6.07) is 3.83. The van der Waals surface area contributed by atoms with Gasteiger partial charge < -0.3 is 19.7 Å². The van der Waals surface area contributed by atoms with Crippen molar-refractivity contribution in [1.29, 1.82) is 0 Å². The second-order valence-corrected chi connectivity index (χ2v) is 4.38. The van der Waals surface area contributed by atoms with Crippen LogP contribution in [0.4, 0.5) is 0 Å². The number of nitrogens with two attached hydrogens (primary N) is 1. The average Bonchev–Trinajstić information content (AvgIpc) is 2.78. The second kappa shape index (κ2) is 4.89. The van der Waals surface area contributed by atoms with Crippen LogP contribution in [0.3, 0.4) is 0 Å². The van der Waals surface area contributed by atoms with Crippen molar-refractivity contribution < 1.29 is 14.0 Å². The van der Waals surface area contributed by atoms with E-state index in [0.717, 1.165) is 29.0 Å². The zero-order chi connectivity index (χ0) is 13.2. The maximum atomic E-state index is 5.66. The summed E-state index contributed by atoms with van der Waals surface area (Å²) >= 11 is 0. The van der Waals surface area contributed by atoms with E-state index in [1.54, 1.807) is 0 Å². The van der Waals surface area contributed by atoms with Crippen LogP contribution in [0.15, 0.2) is 16.7 Å². The Morgan fingerprint density at radius 1 is 1.21 bits per heavy atom. The van der Waals surface area contributed by atoms with E-state index in [4.69, 9.17) is 19.7 Å². The second-order valence-electron chi connectivity index (χ2n) is 4.38. The number of aromatic nitrogens is 2. The summed E-state index contributed by atoms with van der Waals surface area (Å²) < 4.78 is 16.3. The molecular weight excluding hydrogens is 246 g/mol. The molecule has 0 saturated carbocycles. The van der Waals surface area contributed by atoms with Gasteiger partial charge in [-0.15, -0.1) is 0 Å². The van der Waals surface area contributed by atoms with E-state index < -0.39 is 0 Å². The molecule has 0 radical (unpaired) electrons. The molecule has 19 heavy (non-hydrogen) atoms. The third kappa shape index (κ3) is 2.26. The number of fused-ring (bicyclic) bond motifs is 1. The van der Waals surface area contributed by atoms with Gasteiger partial charge in [0.05, 0.1) is 19.8 Å². The minimum Gasteiger partial charge on any atom is -0.490 e. The molecule has 1 aliphatic heterocycles. The Labute approximate surface area is 110 Å². The predicted octanol–water partition coefficient (Wildman–Crippen LogP) is 1.67. The third-order valence-electron chi connectivity index (χ3n) is 2.98. The van der Waals surface area contributed by atoms with Crippen molar-refractivity contribution in [2.45, 2.75) is 19.9 Å². The molecule has 2 heterocycles. The molecule has 100 valence electrons. The van der Waals surface area contributed by atoms with E-state index in [1.807, 2.05) is 19.1 Å². The highest BCUT2D eigenvalue weighted by Crippen LogP contribution is 2.35. The Hall–Kier alpha value is -2.08. The van der Waals surface area contributed by atoms with Crippen LogP contribution in [0.25, 0.3) is 11.4 Å². The maximum absolute atomic E-state index is 5.66. The number of rotatable bonds is 2. The minimum atomic E-state index is 0.233. The summed E-state index contributed by atoms with van der Waals surface area (Å²) in [6.45, 7) is 3.53. The summed E-state index contributed by atoms with van der Waals surface area (Å²) in [6.07, 6.45) is 0.878. The lowest BCUT2D eigenvalue weighted by atomic mass is 10.1. The van der Waals surface area contributed by atoms with Gasteiger partial charge in [-0.2, -0.15) is 4.98 Å². The number of ether oxygens (including phenoxy) is 2. The Morgan fingerprint density at radius 3 is 2.63 bits per heavy atom. The highest BCUT2D eigenvalue weighted by Gasteiger charge is 2.17. The van der Waals surface area contributed by atoms with Gasteiger partial charge in [-0.3, -0.25) is 0 Å². The van der Waals surface area contributed by atoms with Crippen LogP contribution in [-0.2, 0) is 6.54 Å². The van der Waals surface area contributed by atoms with Crippen molar-refractivity contribution in [1.82, 2.24) is 10.1 Å². The normalized spacial score (nSPS) is 14.2. The molecule has 3 rings (SSSR count). The molecule has 1 aromatic carbocycles. The van der Waals surface area contributed by atoms with Gasteiger partial charge in [-0.05, 0) is 24.6 Å². The van der Waals surface area contributed by atoms with E-state index in [-0.39, 0.29) is 6.54 Å². The monoisotopic (exact) mass is 261 g/mol. The van der Waals surface area contributed by atoms with Crippen molar-refractivity contribution in [2.24, 2.45) is 5.73 Å². The van der Waals surface area contributed by atoms with Gasteiger partial charge >= 0.3 is 0 Å². The average molecular weight is 261 g/mol. The largest absolute Gasteiger partial charge is 0.490 e. The molecule has 0 atom stereocenters. The zero-order valence-corrected chi connectivity index (χ0v) is 10.7. The Bertz CT molecular complexity index is 595. The zero-order valence-electron chi connectivity index (χ0n) is 10.7. The van der Waals surface area contributed by atoms with Crippen LogP contribution in [0, 0.1) is 6.92 Å². The molecule has 1 aromatic heterocycles. The maximum Gasteiger partial charge on any atom is 0.240 e. The lowest BCUT2D eigenvalue weighted by molar-refractivity contribution is 0.297. The van der Waals surface area contributed by atoms with E-state index in [9.17, 15) is 0 Å². The van der Waals surface area contributed by atoms with Gasteiger partial charge in [-0.1, -0.05) is 5.16 Å². The molecule has 0 bridgehead atoms. The first-order valence-electron chi connectivity index (χ1n) is 6.21. The molecule has 0 unspecified atom stereocenters. The van der Waals surface area contributed by atoms with Gasteiger partial charge in [0.25, 0.3) is 0 Å². The quantitative estimate of drug-likeness (QED) is 0.885. The molecular formula is C13H15N3O3. The van der Waals surface area contributed by atoms with Crippen LogP contribution in [0.2, 0.25) is 0 Å². The molecule has 0 spiro atoms. The summed E-state index contributed by atoms with van der Waals surface area (Å²) in [5.41, 5.74) is 7.35. The molecule has 1 aliphatic rings. The summed E-state index contributed by atoms with van der Waals surface area (Å²) in [5, 5.41) is 3.93. The Balaban J connectivity index is 2.04. The van der Waals surface area contributed by atoms with Gasteiger partial charge in [-0.25, -0.2) is 0 Å². The van der Waals surface area contributed by atoms with Crippen LogP contribution < -0.4 is 15.2 Å². The fraction of sp³-hybridized carbons (Fsp3) is 0.385. The number of nitrogens with zero attached hydrogens (tertiary/aromatic N) is 2. The van der Waals surface area contributed by atoms with Crippen LogP contribution in [0.5, 0.6) is 11.5 Å². The predicted molar refractivity (Wildman–Crippen MR) is 68.0 cm³/mol.